The molecule has 5 nitrogen and oxygen atoms in total. The molecule has 8 rings (SSSR count). The molecule has 0 fully saturated rings. The molecule has 4 aromatic carbocycles. The third-order valence-electron chi connectivity index (χ3n) is 7.12. The smallest absolute Gasteiger partial charge is 0.227 e. The number of benzene rings is 4. The van der Waals surface area contributed by atoms with Crippen LogP contribution in [0.3, 0.4) is 0 Å². The van der Waals surface area contributed by atoms with E-state index in [2.05, 4.69) is 83.0 Å². The van der Waals surface area contributed by atoms with E-state index < -0.39 is 0 Å². The number of para-hydroxylation sites is 1. The van der Waals surface area contributed by atoms with Gasteiger partial charge in [0.1, 0.15) is 11.2 Å². The standard InChI is InChI=1S/C32H21N3O2/c1-2-10-22-20(8-1)9-5-13-26(22)35(21-18-25-23-11-3-4-15-28(23)36-32(25)34-19-21)27-14-6-16-29-30(27)24-12-7-17-33-31(24)37-29/h1-16,18-19,33H,17H2. The quantitative estimate of drug-likeness (QED) is 0.274. The van der Waals surface area contributed by atoms with Crippen LogP contribution in [0.5, 0.6) is 0 Å². The monoisotopic (exact) mass is 479 g/mol. The van der Waals surface area contributed by atoms with Crippen LogP contribution in [-0.4, -0.2) is 11.5 Å². The maximum absolute atomic E-state index is 6.24. The van der Waals surface area contributed by atoms with Gasteiger partial charge in [0.05, 0.1) is 34.0 Å². The molecule has 1 aliphatic rings. The van der Waals surface area contributed by atoms with E-state index in [1.165, 1.54) is 5.39 Å². The van der Waals surface area contributed by atoms with Crippen molar-refractivity contribution in [3.05, 3.63) is 109 Å². The highest BCUT2D eigenvalue weighted by Crippen LogP contribution is 2.46. The fraction of sp³-hybridized carbons (Fsp3) is 0.0312. The molecule has 176 valence electrons. The lowest BCUT2D eigenvalue weighted by molar-refractivity contribution is 0.628. The van der Waals surface area contributed by atoms with E-state index in [1.807, 2.05) is 36.5 Å². The second-order valence-electron chi connectivity index (χ2n) is 9.26. The number of nitrogens with one attached hydrogen (secondary N) is 1. The Hall–Kier alpha value is -5.03. The topological polar surface area (TPSA) is 54.4 Å². The highest BCUT2D eigenvalue weighted by atomic mass is 16.4. The lowest BCUT2D eigenvalue weighted by Crippen LogP contribution is -2.11. The second kappa shape index (κ2) is 7.73. The molecule has 7 aromatic rings. The van der Waals surface area contributed by atoms with Crippen LogP contribution in [0.1, 0.15) is 5.56 Å². The third-order valence-corrected chi connectivity index (χ3v) is 7.12. The minimum Gasteiger partial charge on any atom is -0.440 e. The maximum atomic E-state index is 6.24. The molecule has 0 saturated heterocycles. The Labute approximate surface area is 212 Å². The van der Waals surface area contributed by atoms with Crippen molar-refractivity contribution in [2.24, 2.45) is 0 Å². The van der Waals surface area contributed by atoms with Gasteiger partial charge < -0.3 is 19.1 Å². The van der Waals surface area contributed by atoms with Gasteiger partial charge in [-0.25, -0.2) is 4.98 Å². The lowest BCUT2D eigenvalue weighted by Gasteiger charge is -2.27. The fourth-order valence-electron chi connectivity index (χ4n) is 5.49. The summed E-state index contributed by atoms with van der Waals surface area (Å²) >= 11 is 0. The van der Waals surface area contributed by atoms with Gasteiger partial charge in [0.25, 0.3) is 0 Å². The number of rotatable bonds is 3. The summed E-state index contributed by atoms with van der Waals surface area (Å²) in [7, 11) is 0. The number of pyridine rings is 1. The fourth-order valence-corrected chi connectivity index (χ4v) is 5.49. The van der Waals surface area contributed by atoms with Gasteiger partial charge in [0.15, 0.2) is 0 Å². The Balaban J connectivity index is 1.47. The van der Waals surface area contributed by atoms with Gasteiger partial charge in [-0.2, -0.15) is 0 Å². The van der Waals surface area contributed by atoms with E-state index >= 15 is 0 Å². The van der Waals surface area contributed by atoms with Crippen molar-refractivity contribution >= 4 is 72.8 Å². The van der Waals surface area contributed by atoms with Crippen molar-refractivity contribution in [1.29, 1.82) is 0 Å². The van der Waals surface area contributed by atoms with Crippen molar-refractivity contribution < 1.29 is 8.83 Å². The molecule has 0 spiro atoms. The predicted octanol–water partition coefficient (Wildman–Crippen LogP) is 8.79. The summed E-state index contributed by atoms with van der Waals surface area (Å²) in [5.41, 5.74) is 6.42. The first-order valence-corrected chi connectivity index (χ1v) is 12.4. The first kappa shape index (κ1) is 20.2. The van der Waals surface area contributed by atoms with Crippen molar-refractivity contribution in [1.82, 2.24) is 4.98 Å². The van der Waals surface area contributed by atoms with E-state index in [9.17, 15) is 0 Å². The number of furan rings is 2. The molecule has 4 heterocycles. The van der Waals surface area contributed by atoms with Crippen molar-refractivity contribution in [2.45, 2.75) is 0 Å². The minimum atomic E-state index is 0.633. The molecule has 0 unspecified atom stereocenters. The van der Waals surface area contributed by atoms with E-state index in [0.29, 0.717) is 5.71 Å². The van der Waals surface area contributed by atoms with E-state index in [0.717, 1.165) is 67.8 Å². The molecule has 0 amide bonds. The van der Waals surface area contributed by atoms with Crippen LogP contribution in [-0.2, 0) is 0 Å². The predicted molar refractivity (Wildman–Crippen MR) is 151 cm³/mol. The summed E-state index contributed by atoms with van der Waals surface area (Å²) < 4.78 is 12.3. The SMILES string of the molecule is C1=Cc2c(oc3cccc(N(c4cnc5oc6ccccc6c5c4)c4cccc5ccccc45)c23)NC1. The number of nitrogens with zero attached hydrogens (tertiary/aromatic N) is 2. The van der Waals surface area contributed by atoms with Crippen LogP contribution in [0, 0.1) is 0 Å². The Morgan fingerprint density at radius 1 is 0.730 bits per heavy atom. The summed E-state index contributed by atoms with van der Waals surface area (Å²) in [6.45, 7) is 0.753. The molecule has 0 aliphatic carbocycles. The van der Waals surface area contributed by atoms with Crippen LogP contribution < -0.4 is 10.2 Å². The first-order chi connectivity index (χ1) is 18.3. The van der Waals surface area contributed by atoms with E-state index in [-0.39, 0.29) is 0 Å². The van der Waals surface area contributed by atoms with E-state index in [4.69, 9.17) is 13.8 Å². The molecular weight excluding hydrogens is 458 g/mol. The van der Waals surface area contributed by atoms with Crippen LogP contribution >= 0.6 is 0 Å². The Kier molecular flexibility index (Phi) is 4.22. The summed E-state index contributed by atoms with van der Waals surface area (Å²) in [4.78, 5) is 7.06. The van der Waals surface area contributed by atoms with Crippen LogP contribution in [0.15, 0.2) is 112 Å². The Morgan fingerprint density at radius 3 is 2.49 bits per heavy atom. The molecular formula is C32H21N3O2. The third kappa shape index (κ3) is 3.01. The second-order valence-corrected chi connectivity index (χ2v) is 9.26. The van der Waals surface area contributed by atoms with E-state index in [1.54, 1.807) is 0 Å². The van der Waals surface area contributed by atoms with Gasteiger partial charge in [-0.3, -0.25) is 0 Å². The van der Waals surface area contributed by atoms with Crippen molar-refractivity contribution in [3.63, 3.8) is 0 Å². The zero-order valence-electron chi connectivity index (χ0n) is 19.8. The molecule has 0 bridgehead atoms. The Morgan fingerprint density at radius 2 is 1.51 bits per heavy atom. The average molecular weight is 480 g/mol. The summed E-state index contributed by atoms with van der Waals surface area (Å²) in [6, 6.07) is 31.4. The Bertz CT molecular complexity index is 2010. The first-order valence-electron chi connectivity index (χ1n) is 12.4. The number of anilines is 4. The molecule has 5 heteroatoms. The van der Waals surface area contributed by atoms with Crippen molar-refractivity contribution in [2.75, 3.05) is 16.8 Å². The zero-order valence-corrected chi connectivity index (χ0v) is 19.8. The summed E-state index contributed by atoms with van der Waals surface area (Å²) in [5.74, 6) is 0.803. The molecule has 1 aliphatic heterocycles. The van der Waals surface area contributed by atoms with Crippen LogP contribution in [0.2, 0.25) is 0 Å². The minimum absolute atomic E-state index is 0.633. The molecule has 0 atom stereocenters. The summed E-state index contributed by atoms with van der Waals surface area (Å²) in [5, 5.41) is 8.81. The van der Waals surface area contributed by atoms with Gasteiger partial charge in [-0.15, -0.1) is 0 Å². The number of hydrogen-bond donors (Lipinski definition) is 1. The van der Waals surface area contributed by atoms with Gasteiger partial charge >= 0.3 is 0 Å². The number of hydrogen-bond acceptors (Lipinski definition) is 5. The van der Waals surface area contributed by atoms with Gasteiger partial charge in [-0.1, -0.05) is 72.8 Å². The molecule has 3 aromatic heterocycles. The highest BCUT2D eigenvalue weighted by molar-refractivity contribution is 6.10. The number of aromatic nitrogens is 1. The molecule has 0 radical (unpaired) electrons. The molecule has 0 saturated carbocycles. The normalized spacial score (nSPS) is 12.9. The summed E-state index contributed by atoms with van der Waals surface area (Å²) in [6.07, 6.45) is 6.17. The zero-order chi connectivity index (χ0) is 24.3. The van der Waals surface area contributed by atoms with Crippen LogP contribution in [0.25, 0.3) is 49.9 Å². The maximum Gasteiger partial charge on any atom is 0.227 e. The molecule has 37 heavy (non-hydrogen) atoms. The lowest BCUT2D eigenvalue weighted by atomic mass is 10.0. The van der Waals surface area contributed by atoms with Crippen LogP contribution in [0.4, 0.5) is 22.9 Å². The highest BCUT2D eigenvalue weighted by Gasteiger charge is 2.24. The van der Waals surface area contributed by atoms with Gasteiger partial charge in [0.2, 0.25) is 11.6 Å². The largest absolute Gasteiger partial charge is 0.440 e. The van der Waals surface area contributed by atoms with Gasteiger partial charge in [-0.05, 0) is 35.7 Å². The van der Waals surface area contributed by atoms with Gasteiger partial charge in [0, 0.05) is 22.9 Å². The average Bonchev–Trinajstić information content (AvgIpc) is 3.52. The number of fused-ring (bicyclic) bond motifs is 7. The van der Waals surface area contributed by atoms with Crippen molar-refractivity contribution in [3.8, 4) is 0 Å². The molecule has 1 N–H and O–H groups in total.